The van der Waals surface area contributed by atoms with Crippen LogP contribution in [0.25, 0.3) is 0 Å². The van der Waals surface area contributed by atoms with Crippen LogP contribution in [-0.4, -0.2) is 11.6 Å². The second kappa shape index (κ2) is 5.75. The van der Waals surface area contributed by atoms with E-state index in [9.17, 15) is 4.79 Å². The number of carbonyl (C=O) groups excluding carboxylic acids is 1. The van der Waals surface area contributed by atoms with Gasteiger partial charge in [-0.05, 0) is 77.7 Å². The summed E-state index contributed by atoms with van der Waals surface area (Å²) in [6, 6.07) is 0. The molecule has 0 aliphatic heterocycles. The summed E-state index contributed by atoms with van der Waals surface area (Å²) in [4.78, 5) is 12.6. The zero-order chi connectivity index (χ0) is 14.9. The molecular weight excluding hydrogens is 248 g/mol. The molecule has 0 aromatic carbocycles. The highest BCUT2D eigenvalue weighted by molar-refractivity contribution is 5.92. The molecule has 2 nitrogen and oxygen atoms in total. The topological polar surface area (TPSA) is 26.3 Å². The molecule has 2 heteroatoms. The maximum Gasteiger partial charge on any atom is 0.338 e. The monoisotopic (exact) mass is 276 g/mol. The first-order chi connectivity index (χ1) is 9.38. The smallest absolute Gasteiger partial charge is 0.338 e. The molecular formula is C18H28O2. The van der Waals surface area contributed by atoms with Gasteiger partial charge < -0.3 is 4.74 Å². The molecule has 0 heterocycles. The van der Waals surface area contributed by atoms with Crippen LogP contribution in [0.1, 0.15) is 66.7 Å². The van der Waals surface area contributed by atoms with Crippen molar-refractivity contribution in [3.05, 3.63) is 22.8 Å². The lowest BCUT2D eigenvalue weighted by Crippen LogP contribution is -2.40. The van der Waals surface area contributed by atoms with E-state index in [4.69, 9.17) is 4.74 Å². The molecule has 3 unspecified atom stereocenters. The first-order valence-electron chi connectivity index (χ1n) is 7.93. The SMILES string of the molecule is CCC1(OC(=O)C(C=C(C)C)=C(C)C)CC2CCC1C2. The Morgan fingerprint density at radius 1 is 1.25 bits per heavy atom. The van der Waals surface area contributed by atoms with Crippen LogP contribution in [0.15, 0.2) is 22.8 Å². The van der Waals surface area contributed by atoms with Crippen molar-refractivity contribution >= 4 is 5.97 Å². The minimum absolute atomic E-state index is 0.124. The van der Waals surface area contributed by atoms with Crippen LogP contribution in [0.5, 0.6) is 0 Å². The lowest BCUT2D eigenvalue weighted by Gasteiger charge is -2.36. The third kappa shape index (κ3) is 2.84. The molecule has 2 fully saturated rings. The van der Waals surface area contributed by atoms with Crippen molar-refractivity contribution in [2.45, 2.75) is 72.3 Å². The van der Waals surface area contributed by atoms with Crippen LogP contribution in [-0.2, 0) is 9.53 Å². The van der Waals surface area contributed by atoms with E-state index >= 15 is 0 Å². The Bertz CT molecular complexity index is 450. The molecule has 3 atom stereocenters. The molecule has 0 saturated heterocycles. The second-order valence-corrected chi connectivity index (χ2v) is 7.02. The highest BCUT2D eigenvalue weighted by atomic mass is 16.6. The maximum absolute atomic E-state index is 12.6. The van der Waals surface area contributed by atoms with Gasteiger partial charge in [0, 0.05) is 0 Å². The minimum Gasteiger partial charge on any atom is -0.455 e. The highest BCUT2D eigenvalue weighted by Crippen LogP contribution is 2.54. The first-order valence-corrected chi connectivity index (χ1v) is 7.93. The van der Waals surface area contributed by atoms with E-state index in [0.717, 1.165) is 35.5 Å². The van der Waals surface area contributed by atoms with Gasteiger partial charge >= 0.3 is 5.97 Å². The average molecular weight is 276 g/mol. The summed E-state index contributed by atoms with van der Waals surface area (Å²) in [6.45, 7) is 10.2. The van der Waals surface area contributed by atoms with Crippen LogP contribution in [0.4, 0.5) is 0 Å². The summed E-state index contributed by atoms with van der Waals surface area (Å²) in [5.41, 5.74) is 2.72. The fourth-order valence-electron chi connectivity index (χ4n) is 3.96. The number of ether oxygens (including phenoxy) is 1. The molecule has 0 spiro atoms. The van der Waals surface area contributed by atoms with Crippen molar-refractivity contribution in [1.82, 2.24) is 0 Å². The van der Waals surface area contributed by atoms with Crippen molar-refractivity contribution < 1.29 is 9.53 Å². The summed E-state index contributed by atoms with van der Waals surface area (Å²) >= 11 is 0. The molecule has 0 N–H and O–H groups in total. The Balaban J connectivity index is 2.18. The second-order valence-electron chi connectivity index (χ2n) is 7.02. The van der Waals surface area contributed by atoms with Gasteiger partial charge in [0.05, 0.1) is 5.57 Å². The van der Waals surface area contributed by atoms with E-state index in [1.165, 1.54) is 19.3 Å². The Kier molecular flexibility index (Phi) is 4.41. The Morgan fingerprint density at radius 3 is 2.35 bits per heavy atom. The van der Waals surface area contributed by atoms with Gasteiger partial charge in [0.2, 0.25) is 0 Å². The van der Waals surface area contributed by atoms with E-state index in [1.807, 2.05) is 33.8 Å². The number of hydrogen-bond acceptors (Lipinski definition) is 2. The molecule has 2 rings (SSSR count). The van der Waals surface area contributed by atoms with Crippen molar-refractivity contribution in [3.63, 3.8) is 0 Å². The van der Waals surface area contributed by atoms with Gasteiger partial charge in [-0.3, -0.25) is 0 Å². The molecule has 112 valence electrons. The minimum atomic E-state index is -0.184. The molecule has 2 aliphatic rings. The van der Waals surface area contributed by atoms with Crippen LogP contribution in [0.3, 0.4) is 0 Å². The quantitative estimate of drug-likeness (QED) is 0.419. The molecule has 0 aromatic heterocycles. The van der Waals surface area contributed by atoms with E-state index in [1.54, 1.807) is 0 Å². The van der Waals surface area contributed by atoms with E-state index in [2.05, 4.69) is 6.92 Å². The van der Waals surface area contributed by atoms with Crippen LogP contribution in [0, 0.1) is 11.8 Å². The normalized spacial score (nSPS) is 31.1. The van der Waals surface area contributed by atoms with Gasteiger partial charge in [0.25, 0.3) is 0 Å². The lowest BCUT2D eigenvalue weighted by molar-refractivity contribution is -0.161. The van der Waals surface area contributed by atoms with Crippen molar-refractivity contribution in [2.24, 2.45) is 11.8 Å². The summed E-state index contributed by atoms with van der Waals surface area (Å²) in [6.07, 6.45) is 7.80. The zero-order valence-corrected chi connectivity index (χ0v) is 13.6. The van der Waals surface area contributed by atoms with E-state index in [-0.39, 0.29) is 11.6 Å². The number of rotatable bonds is 4. The largest absolute Gasteiger partial charge is 0.455 e. The molecule has 0 radical (unpaired) electrons. The summed E-state index contributed by atoms with van der Waals surface area (Å²) < 4.78 is 6.06. The van der Waals surface area contributed by atoms with Gasteiger partial charge in [0.15, 0.2) is 0 Å². The highest BCUT2D eigenvalue weighted by Gasteiger charge is 2.52. The molecule has 2 bridgehead atoms. The van der Waals surface area contributed by atoms with Gasteiger partial charge in [-0.2, -0.15) is 0 Å². The summed E-state index contributed by atoms with van der Waals surface area (Å²) in [5, 5.41) is 0. The third-order valence-corrected chi connectivity index (χ3v) is 5.01. The van der Waals surface area contributed by atoms with Crippen molar-refractivity contribution in [3.8, 4) is 0 Å². The number of carbonyl (C=O) groups is 1. The lowest BCUT2D eigenvalue weighted by atomic mass is 9.82. The van der Waals surface area contributed by atoms with Crippen molar-refractivity contribution in [2.75, 3.05) is 0 Å². The first kappa shape index (κ1) is 15.3. The number of hydrogen-bond donors (Lipinski definition) is 0. The average Bonchev–Trinajstić information content (AvgIpc) is 2.95. The predicted molar refractivity (Wildman–Crippen MR) is 82.4 cm³/mol. The Hall–Kier alpha value is -1.05. The Labute approximate surface area is 123 Å². The summed E-state index contributed by atoms with van der Waals surface area (Å²) in [5.74, 6) is 1.25. The number of allylic oxidation sites excluding steroid dienone is 2. The van der Waals surface area contributed by atoms with Gasteiger partial charge in [-0.1, -0.05) is 18.1 Å². The molecule has 0 aromatic rings. The van der Waals surface area contributed by atoms with Crippen LogP contribution in [0.2, 0.25) is 0 Å². The van der Waals surface area contributed by atoms with Gasteiger partial charge in [-0.25, -0.2) is 4.79 Å². The number of esters is 1. The van der Waals surface area contributed by atoms with E-state index in [0.29, 0.717) is 5.92 Å². The predicted octanol–water partition coefficient (Wildman–Crippen LogP) is 4.80. The van der Waals surface area contributed by atoms with Gasteiger partial charge in [0.1, 0.15) is 5.60 Å². The van der Waals surface area contributed by atoms with Crippen molar-refractivity contribution in [1.29, 1.82) is 0 Å². The fourth-order valence-corrected chi connectivity index (χ4v) is 3.96. The molecule has 2 aliphatic carbocycles. The fraction of sp³-hybridized carbons (Fsp3) is 0.722. The summed E-state index contributed by atoms with van der Waals surface area (Å²) in [7, 11) is 0. The van der Waals surface area contributed by atoms with Gasteiger partial charge in [-0.15, -0.1) is 0 Å². The zero-order valence-electron chi connectivity index (χ0n) is 13.6. The Morgan fingerprint density at radius 2 is 1.95 bits per heavy atom. The third-order valence-electron chi connectivity index (χ3n) is 5.01. The van der Waals surface area contributed by atoms with E-state index < -0.39 is 0 Å². The number of fused-ring (bicyclic) bond motifs is 2. The molecule has 0 amide bonds. The standard InChI is InChI=1S/C18H28O2/c1-6-18(11-14-7-8-15(18)10-14)20-17(19)16(13(4)5)9-12(2)3/h9,14-15H,6-8,10-11H2,1-5H3. The maximum atomic E-state index is 12.6. The van der Waals surface area contributed by atoms with Crippen LogP contribution >= 0.6 is 0 Å². The van der Waals surface area contributed by atoms with Crippen LogP contribution < -0.4 is 0 Å². The molecule has 20 heavy (non-hydrogen) atoms. The molecule has 2 saturated carbocycles.